The van der Waals surface area contributed by atoms with Crippen LogP contribution in [-0.4, -0.2) is 11.8 Å². The average molecular weight is 325 g/mol. The number of carbonyl (C=O) groups excluding carboxylic acids is 2. The molecule has 0 saturated carbocycles. The standard InChI is InChI=1S/C19H23N3O2/c1-2-7-17(23)22-16-11-6-8-14(12-16)13-21-18(19(20)24)15-9-4-3-5-10-15/h3-6,8-12,18,21H,2,7,13H2,1H3,(H2,20,24)(H,22,23)/t18-/m1/s1. The minimum absolute atomic E-state index is 0.00177. The van der Waals surface area contributed by atoms with Crippen molar-refractivity contribution < 1.29 is 9.59 Å². The fourth-order valence-corrected chi connectivity index (χ4v) is 2.46. The molecule has 1 atom stereocenters. The zero-order valence-electron chi connectivity index (χ0n) is 13.8. The van der Waals surface area contributed by atoms with Crippen LogP contribution in [0.2, 0.25) is 0 Å². The van der Waals surface area contributed by atoms with Crippen LogP contribution in [0, 0.1) is 0 Å². The van der Waals surface area contributed by atoms with Crippen LogP contribution < -0.4 is 16.4 Å². The zero-order valence-corrected chi connectivity index (χ0v) is 13.8. The maximum atomic E-state index is 11.7. The van der Waals surface area contributed by atoms with Gasteiger partial charge in [-0.1, -0.05) is 49.4 Å². The largest absolute Gasteiger partial charge is 0.368 e. The van der Waals surface area contributed by atoms with E-state index in [1.165, 1.54) is 0 Å². The molecule has 2 amide bonds. The predicted molar refractivity (Wildman–Crippen MR) is 95.2 cm³/mol. The van der Waals surface area contributed by atoms with Crippen LogP contribution in [0.5, 0.6) is 0 Å². The molecule has 0 bridgehead atoms. The van der Waals surface area contributed by atoms with Gasteiger partial charge < -0.3 is 11.1 Å². The number of hydrogen-bond acceptors (Lipinski definition) is 3. The van der Waals surface area contributed by atoms with Gasteiger partial charge in [0.15, 0.2) is 0 Å². The highest BCUT2D eigenvalue weighted by Gasteiger charge is 2.16. The van der Waals surface area contributed by atoms with Crippen LogP contribution in [0.25, 0.3) is 0 Å². The molecule has 5 nitrogen and oxygen atoms in total. The molecule has 0 spiro atoms. The van der Waals surface area contributed by atoms with E-state index in [-0.39, 0.29) is 5.91 Å². The summed E-state index contributed by atoms with van der Waals surface area (Å²) >= 11 is 0. The lowest BCUT2D eigenvalue weighted by Gasteiger charge is -2.16. The maximum Gasteiger partial charge on any atom is 0.239 e. The van der Waals surface area contributed by atoms with E-state index < -0.39 is 11.9 Å². The van der Waals surface area contributed by atoms with E-state index in [2.05, 4.69) is 10.6 Å². The van der Waals surface area contributed by atoms with E-state index in [0.717, 1.165) is 23.2 Å². The van der Waals surface area contributed by atoms with Gasteiger partial charge in [-0.15, -0.1) is 0 Å². The second kappa shape index (κ2) is 8.84. The molecule has 0 heterocycles. The molecule has 0 fully saturated rings. The average Bonchev–Trinajstić information content (AvgIpc) is 2.56. The summed E-state index contributed by atoms with van der Waals surface area (Å²) in [5.74, 6) is -0.421. The number of rotatable bonds is 8. The second-order valence-corrected chi connectivity index (χ2v) is 5.63. The quantitative estimate of drug-likeness (QED) is 0.698. The summed E-state index contributed by atoms with van der Waals surface area (Å²) < 4.78 is 0. The number of carbonyl (C=O) groups is 2. The molecule has 24 heavy (non-hydrogen) atoms. The number of benzene rings is 2. The summed E-state index contributed by atoms with van der Waals surface area (Å²) in [6, 6.07) is 16.4. The van der Waals surface area contributed by atoms with Gasteiger partial charge in [-0.3, -0.25) is 14.9 Å². The van der Waals surface area contributed by atoms with E-state index in [4.69, 9.17) is 5.73 Å². The van der Waals surface area contributed by atoms with E-state index in [0.29, 0.717) is 13.0 Å². The summed E-state index contributed by atoms with van der Waals surface area (Å²) in [6.07, 6.45) is 1.31. The van der Waals surface area contributed by atoms with Crippen molar-refractivity contribution in [2.24, 2.45) is 5.73 Å². The van der Waals surface area contributed by atoms with Crippen molar-refractivity contribution in [1.29, 1.82) is 0 Å². The lowest BCUT2D eigenvalue weighted by atomic mass is 10.1. The van der Waals surface area contributed by atoms with Crippen molar-refractivity contribution in [2.45, 2.75) is 32.4 Å². The zero-order chi connectivity index (χ0) is 17.4. The summed E-state index contributed by atoms with van der Waals surface area (Å²) in [5, 5.41) is 6.04. The first kappa shape index (κ1) is 17.7. The molecule has 5 heteroatoms. The third-order valence-corrected chi connectivity index (χ3v) is 3.62. The number of nitrogens with one attached hydrogen (secondary N) is 2. The minimum Gasteiger partial charge on any atom is -0.368 e. The Morgan fingerprint density at radius 1 is 1.08 bits per heavy atom. The molecule has 0 aromatic heterocycles. The molecule has 0 aliphatic rings. The van der Waals surface area contributed by atoms with Crippen LogP contribution >= 0.6 is 0 Å². The summed E-state index contributed by atoms with van der Waals surface area (Å²) in [7, 11) is 0. The third kappa shape index (κ3) is 5.21. The minimum atomic E-state index is -0.551. The van der Waals surface area contributed by atoms with Crippen LogP contribution in [0.1, 0.15) is 36.9 Å². The summed E-state index contributed by atoms with van der Waals surface area (Å²) in [4.78, 5) is 23.4. The van der Waals surface area contributed by atoms with Gasteiger partial charge in [-0.2, -0.15) is 0 Å². The first-order valence-corrected chi connectivity index (χ1v) is 8.06. The van der Waals surface area contributed by atoms with E-state index in [9.17, 15) is 9.59 Å². The Labute approximate surface area is 142 Å². The molecule has 2 rings (SSSR count). The lowest BCUT2D eigenvalue weighted by molar-refractivity contribution is -0.120. The Kier molecular flexibility index (Phi) is 6.51. The van der Waals surface area contributed by atoms with E-state index in [1.54, 1.807) is 0 Å². The fraction of sp³-hybridized carbons (Fsp3) is 0.263. The molecular weight excluding hydrogens is 302 g/mol. The predicted octanol–water partition coefficient (Wildman–Crippen LogP) is 2.74. The highest BCUT2D eigenvalue weighted by molar-refractivity contribution is 5.90. The van der Waals surface area contributed by atoms with Gasteiger partial charge in [-0.25, -0.2) is 0 Å². The Hall–Kier alpha value is -2.66. The first-order valence-electron chi connectivity index (χ1n) is 8.06. The smallest absolute Gasteiger partial charge is 0.239 e. The Bertz CT molecular complexity index is 686. The van der Waals surface area contributed by atoms with Crippen molar-refractivity contribution >= 4 is 17.5 Å². The topological polar surface area (TPSA) is 84.2 Å². The Balaban J connectivity index is 2.02. The maximum absolute atomic E-state index is 11.7. The molecule has 2 aromatic carbocycles. The van der Waals surface area contributed by atoms with Gasteiger partial charge in [0.1, 0.15) is 6.04 Å². The van der Waals surface area contributed by atoms with Crippen LogP contribution in [0.15, 0.2) is 54.6 Å². The van der Waals surface area contributed by atoms with Gasteiger partial charge in [0, 0.05) is 18.7 Å². The Morgan fingerprint density at radius 3 is 2.50 bits per heavy atom. The molecular formula is C19H23N3O2. The van der Waals surface area contributed by atoms with Crippen LogP contribution in [0.4, 0.5) is 5.69 Å². The molecule has 0 aliphatic carbocycles. The van der Waals surface area contributed by atoms with Crippen molar-refractivity contribution in [3.8, 4) is 0 Å². The van der Waals surface area contributed by atoms with Crippen molar-refractivity contribution in [1.82, 2.24) is 5.32 Å². The van der Waals surface area contributed by atoms with E-state index >= 15 is 0 Å². The molecule has 126 valence electrons. The number of primary amides is 1. The molecule has 0 saturated heterocycles. The van der Waals surface area contributed by atoms with Gasteiger partial charge in [-0.05, 0) is 29.7 Å². The van der Waals surface area contributed by atoms with Crippen molar-refractivity contribution in [3.05, 3.63) is 65.7 Å². The van der Waals surface area contributed by atoms with Gasteiger partial charge in [0.05, 0.1) is 0 Å². The summed E-state index contributed by atoms with van der Waals surface area (Å²) in [5.41, 5.74) is 8.05. The van der Waals surface area contributed by atoms with Crippen LogP contribution in [0.3, 0.4) is 0 Å². The lowest BCUT2D eigenvalue weighted by Crippen LogP contribution is -2.33. The third-order valence-electron chi connectivity index (χ3n) is 3.62. The van der Waals surface area contributed by atoms with E-state index in [1.807, 2.05) is 61.5 Å². The number of amides is 2. The summed E-state index contributed by atoms with van der Waals surface area (Å²) in [6.45, 7) is 2.44. The molecule has 0 aliphatic heterocycles. The Morgan fingerprint density at radius 2 is 1.83 bits per heavy atom. The number of anilines is 1. The number of hydrogen-bond donors (Lipinski definition) is 3. The van der Waals surface area contributed by atoms with Gasteiger partial charge in [0.2, 0.25) is 11.8 Å². The van der Waals surface area contributed by atoms with Crippen molar-refractivity contribution in [3.63, 3.8) is 0 Å². The number of nitrogens with two attached hydrogens (primary N) is 1. The normalized spacial score (nSPS) is 11.7. The first-order chi connectivity index (χ1) is 11.6. The second-order valence-electron chi connectivity index (χ2n) is 5.63. The van der Waals surface area contributed by atoms with Crippen molar-refractivity contribution in [2.75, 3.05) is 5.32 Å². The molecule has 2 aromatic rings. The molecule has 0 unspecified atom stereocenters. The highest BCUT2D eigenvalue weighted by Crippen LogP contribution is 2.15. The monoisotopic (exact) mass is 325 g/mol. The highest BCUT2D eigenvalue weighted by atomic mass is 16.2. The van der Waals surface area contributed by atoms with Gasteiger partial charge >= 0.3 is 0 Å². The van der Waals surface area contributed by atoms with Gasteiger partial charge in [0.25, 0.3) is 0 Å². The molecule has 4 N–H and O–H groups in total. The SMILES string of the molecule is CCCC(=O)Nc1cccc(CN[C@@H](C(N)=O)c2ccccc2)c1. The van der Waals surface area contributed by atoms with Crippen LogP contribution in [-0.2, 0) is 16.1 Å². The molecule has 0 radical (unpaired) electrons. The fourth-order valence-electron chi connectivity index (χ4n) is 2.46.